The van der Waals surface area contributed by atoms with Gasteiger partial charge in [-0.3, -0.25) is 14.7 Å². The van der Waals surface area contributed by atoms with Gasteiger partial charge in [-0.25, -0.2) is 0 Å². The third-order valence-electron chi connectivity index (χ3n) is 2.96. The zero-order valence-corrected chi connectivity index (χ0v) is 14.4. The zero-order chi connectivity index (χ0) is 16.1. The average Bonchev–Trinajstić information content (AvgIpc) is 3.09. The molecule has 0 spiro atoms. The molecule has 0 fully saturated rings. The molecule has 0 aliphatic heterocycles. The van der Waals surface area contributed by atoms with Gasteiger partial charge in [0, 0.05) is 0 Å². The first-order valence-electron chi connectivity index (χ1n) is 7.07. The maximum absolute atomic E-state index is 12.5. The predicted molar refractivity (Wildman–Crippen MR) is 88.1 cm³/mol. The van der Waals surface area contributed by atoms with Crippen molar-refractivity contribution in [3.05, 3.63) is 5.01 Å². The predicted octanol–water partition coefficient (Wildman–Crippen LogP) is 1.98. The van der Waals surface area contributed by atoms with Crippen molar-refractivity contribution in [2.45, 2.75) is 44.8 Å². The van der Waals surface area contributed by atoms with Gasteiger partial charge >= 0.3 is 0 Å². The molecule has 22 heavy (non-hydrogen) atoms. The van der Waals surface area contributed by atoms with Crippen molar-refractivity contribution < 1.29 is 4.79 Å². The van der Waals surface area contributed by atoms with Crippen LogP contribution in [0.3, 0.4) is 0 Å². The number of carbonyl (C=O) groups excluding carboxylic acids is 1. The fraction of sp³-hybridized carbons (Fsp3) is 0.583. The number of anilines is 2. The molecule has 2 heterocycles. The molecule has 2 aromatic rings. The SMILES string of the molecule is CCSc1nnc(N)n1C(CC)C(=O)Nc1nnc(CC)s1. The molecule has 1 amide bonds. The third kappa shape index (κ3) is 3.55. The van der Waals surface area contributed by atoms with Crippen molar-refractivity contribution in [3.8, 4) is 0 Å². The highest BCUT2D eigenvalue weighted by molar-refractivity contribution is 7.99. The molecule has 0 aliphatic carbocycles. The molecule has 120 valence electrons. The average molecular weight is 341 g/mol. The number of nitrogen functional groups attached to an aromatic ring is 1. The van der Waals surface area contributed by atoms with Gasteiger partial charge in [-0.2, -0.15) is 0 Å². The number of thioether (sulfide) groups is 1. The smallest absolute Gasteiger partial charge is 0.249 e. The van der Waals surface area contributed by atoms with E-state index in [1.165, 1.54) is 23.1 Å². The number of hydrogen-bond donors (Lipinski definition) is 2. The van der Waals surface area contributed by atoms with Crippen LogP contribution in [0.4, 0.5) is 11.1 Å². The van der Waals surface area contributed by atoms with E-state index < -0.39 is 6.04 Å². The molecule has 3 N–H and O–H groups in total. The van der Waals surface area contributed by atoms with Crippen LogP contribution in [0.1, 0.15) is 38.2 Å². The molecular formula is C12H19N7OS2. The second-order valence-corrected chi connectivity index (χ2v) is 6.70. The molecule has 0 saturated carbocycles. The summed E-state index contributed by atoms with van der Waals surface area (Å²) in [5.74, 6) is 0.877. The summed E-state index contributed by atoms with van der Waals surface area (Å²) in [6.45, 7) is 5.92. The van der Waals surface area contributed by atoms with E-state index in [1.807, 2.05) is 20.8 Å². The van der Waals surface area contributed by atoms with Crippen LogP contribution in [0.5, 0.6) is 0 Å². The van der Waals surface area contributed by atoms with Gasteiger partial charge in [-0.05, 0) is 18.6 Å². The highest BCUT2D eigenvalue weighted by atomic mass is 32.2. The van der Waals surface area contributed by atoms with Crippen LogP contribution in [0.15, 0.2) is 5.16 Å². The summed E-state index contributed by atoms with van der Waals surface area (Å²) in [5, 5.41) is 20.7. The molecule has 2 rings (SSSR count). The minimum atomic E-state index is -0.474. The lowest BCUT2D eigenvalue weighted by Crippen LogP contribution is -2.27. The Balaban J connectivity index is 2.20. The topological polar surface area (TPSA) is 112 Å². The van der Waals surface area contributed by atoms with Gasteiger partial charge in [-0.15, -0.1) is 20.4 Å². The summed E-state index contributed by atoms with van der Waals surface area (Å²) in [4.78, 5) is 12.5. The lowest BCUT2D eigenvalue weighted by atomic mass is 10.2. The number of nitrogens with two attached hydrogens (primary N) is 1. The zero-order valence-electron chi connectivity index (χ0n) is 12.7. The molecule has 0 saturated heterocycles. The van der Waals surface area contributed by atoms with Gasteiger partial charge < -0.3 is 5.73 Å². The number of hydrogen-bond acceptors (Lipinski definition) is 8. The van der Waals surface area contributed by atoms with Crippen LogP contribution in [0.25, 0.3) is 0 Å². The van der Waals surface area contributed by atoms with E-state index in [1.54, 1.807) is 4.57 Å². The van der Waals surface area contributed by atoms with Crippen LogP contribution < -0.4 is 11.1 Å². The molecule has 0 aromatic carbocycles. The standard InChI is InChI=1S/C12H19N7OS2/c1-4-7(19-10(13)16-18-12(19)21-6-3)9(20)14-11-17-15-8(5-2)22-11/h7H,4-6H2,1-3H3,(H2,13,16)(H,14,17,20). The molecule has 0 aliphatic rings. The summed E-state index contributed by atoms with van der Waals surface area (Å²) >= 11 is 2.88. The summed E-state index contributed by atoms with van der Waals surface area (Å²) in [5.41, 5.74) is 5.88. The van der Waals surface area contributed by atoms with E-state index in [-0.39, 0.29) is 11.9 Å². The Bertz CT molecular complexity index is 639. The maximum Gasteiger partial charge on any atom is 0.249 e. The van der Waals surface area contributed by atoms with Crippen molar-refractivity contribution in [3.63, 3.8) is 0 Å². The minimum absolute atomic E-state index is 0.189. The molecule has 2 aromatic heterocycles. The Morgan fingerprint density at radius 1 is 1.32 bits per heavy atom. The van der Waals surface area contributed by atoms with Crippen molar-refractivity contribution in [1.29, 1.82) is 0 Å². The number of aryl methyl sites for hydroxylation is 1. The first-order valence-corrected chi connectivity index (χ1v) is 8.87. The highest BCUT2D eigenvalue weighted by Gasteiger charge is 2.25. The molecule has 1 atom stereocenters. The Kier molecular flexibility index (Phi) is 5.72. The van der Waals surface area contributed by atoms with Crippen molar-refractivity contribution in [1.82, 2.24) is 25.0 Å². The van der Waals surface area contributed by atoms with Gasteiger partial charge in [-0.1, -0.05) is 43.9 Å². The fourth-order valence-electron chi connectivity index (χ4n) is 1.93. The molecule has 8 nitrogen and oxygen atoms in total. The van der Waals surface area contributed by atoms with Gasteiger partial charge in [0.15, 0.2) is 5.16 Å². The van der Waals surface area contributed by atoms with Crippen LogP contribution in [0, 0.1) is 0 Å². The summed E-state index contributed by atoms with van der Waals surface area (Å²) in [6.07, 6.45) is 1.37. The van der Waals surface area contributed by atoms with Crippen LogP contribution in [-0.2, 0) is 11.2 Å². The molecular weight excluding hydrogens is 322 g/mol. The number of rotatable bonds is 7. The lowest BCUT2D eigenvalue weighted by Gasteiger charge is -2.17. The summed E-state index contributed by atoms with van der Waals surface area (Å²) < 4.78 is 1.67. The second-order valence-electron chi connectivity index (χ2n) is 4.41. The lowest BCUT2D eigenvalue weighted by molar-refractivity contribution is -0.119. The maximum atomic E-state index is 12.5. The van der Waals surface area contributed by atoms with Gasteiger partial charge in [0.1, 0.15) is 11.0 Å². The fourth-order valence-corrected chi connectivity index (χ4v) is 3.33. The van der Waals surface area contributed by atoms with Crippen molar-refractivity contribution in [2.75, 3.05) is 16.8 Å². The normalized spacial score (nSPS) is 12.3. The number of amides is 1. The van der Waals surface area contributed by atoms with Gasteiger partial charge in [0.05, 0.1) is 0 Å². The van der Waals surface area contributed by atoms with Crippen LogP contribution in [0.2, 0.25) is 0 Å². The van der Waals surface area contributed by atoms with Gasteiger partial charge in [0.2, 0.25) is 17.0 Å². The van der Waals surface area contributed by atoms with Gasteiger partial charge in [0.25, 0.3) is 0 Å². The van der Waals surface area contributed by atoms with Crippen molar-refractivity contribution >= 4 is 40.1 Å². The van der Waals surface area contributed by atoms with Crippen LogP contribution >= 0.6 is 23.1 Å². The van der Waals surface area contributed by atoms with E-state index in [0.29, 0.717) is 16.7 Å². The first kappa shape index (κ1) is 16.7. The van der Waals surface area contributed by atoms with E-state index in [4.69, 9.17) is 5.73 Å². The summed E-state index contributed by atoms with van der Waals surface area (Å²) in [6, 6.07) is -0.474. The number of carbonyl (C=O) groups is 1. The number of aromatic nitrogens is 5. The Labute approximate surface area is 136 Å². The third-order valence-corrected chi connectivity index (χ3v) is 4.77. The number of nitrogens with one attached hydrogen (secondary N) is 1. The number of nitrogens with zero attached hydrogens (tertiary/aromatic N) is 5. The first-order chi connectivity index (χ1) is 10.6. The van der Waals surface area contributed by atoms with E-state index in [0.717, 1.165) is 17.2 Å². The molecule has 0 radical (unpaired) electrons. The van der Waals surface area contributed by atoms with Crippen molar-refractivity contribution in [2.24, 2.45) is 0 Å². The quantitative estimate of drug-likeness (QED) is 0.740. The summed E-state index contributed by atoms with van der Waals surface area (Å²) in [7, 11) is 0. The minimum Gasteiger partial charge on any atom is -0.368 e. The van der Waals surface area contributed by atoms with E-state index in [2.05, 4.69) is 25.7 Å². The van der Waals surface area contributed by atoms with Crippen LogP contribution in [-0.4, -0.2) is 36.6 Å². The second kappa shape index (κ2) is 7.54. The highest BCUT2D eigenvalue weighted by Crippen LogP contribution is 2.26. The molecule has 1 unspecified atom stereocenters. The monoisotopic (exact) mass is 341 g/mol. The Morgan fingerprint density at radius 3 is 2.68 bits per heavy atom. The Morgan fingerprint density at radius 2 is 2.09 bits per heavy atom. The molecule has 0 bridgehead atoms. The largest absolute Gasteiger partial charge is 0.368 e. The molecule has 10 heteroatoms. The Hall–Kier alpha value is -1.68. The van der Waals surface area contributed by atoms with E-state index in [9.17, 15) is 4.79 Å². The van der Waals surface area contributed by atoms with E-state index >= 15 is 0 Å².